The minimum absolute atomic E-state index is 0.626. The molecular weight excluding hydrogens is 146 g/mol. The van der Waals surface area contributed by atoms with Crippen molar-refractivity contribution in [3.63, 3.8) is 0 Å². The lowest BCUT2D eigenvalue weighted by Gasteiger charge is -2.38. The monoisotopic (exact) mass is 169 g/mol. The summed E-state index contributed by atoms with van der Waals surface area (Å²) >= 11 is 0. The SMILES string of the molecule is CCC1(CCN)CCC(C)CC1. The van der Waals surface area contributed by atoms with Gasteiger partial charge in [0, 0.05) is 0 Å². The molecule has 0 amide bonds. The number of hydrogen-bond donors (Lipinski definition) is 1. The van der Waals surface area contributed by atoms with Gasteiger partial charge in [0.15, 0.2) is 0 Å². The lowest BCUT2D eigenvalue weighted by Crippen LogP contribution is -2.28. The summed E-state index contributed by atoms with van der Waals surface area (Å²) in [5.74, 6) is 0.961. The summed E-state index contributed by atoms with van der Waals surface area (Å²) in [5.41, 5.74) is 6.28. The first kappa shape index (κ1) is 10.0. The Hall–Kier alpha value is -0.0400. The fourth-order valence-electron chi connectivity index (χ4n) is 2.46. The summed E-state index contributed by atoms with van der Waals surface area (Å²) < 4.78 is 0. The Bertz CT molecular complexity index is 123. The molecule has 0 unspecified atom stereocenters. The molecule has 0 aromatic rings. The normalized spacial score (nSPS) is 36.8. The van der Waals surface area contributed by atoms with E-state index in [0.717, 1.165) is 12.5 Å². The summed E-state index contributed by atoms with van der Waals surface area (Å²) in [5, 5.41) is 0. The Morgan fingerprint density at radius 2 is 1.92 bits per heavy atom. The fraction of sp³-hybridized carbons (Fsp3) is 1.00. The molecule has 72 valence electrons. The number of hydrogen-bond acceptors (Lipinski definition) is 1. The van der Waals surface area contributed by atoms with Crippen molar-refractivity contribution in [3.05, 3.63) is 0 Å². The largest absolute Gasteiger partial charge is 0.330 e. The van der Waals surface area contributed by atoms with E-state index in [1.165, 1.54) is 38.5 Å². The molecule has 0 atom stereocenters. The third-order valence-corrected chi connectivity index (χ3v) is 3.76. The highest BCUT2D eigenvalue weighted by atomic mass is 14.5. The highest BCUT2D eigenvalue weighted by molar-refractivity contribution is 4.83. The Morgan fingerprint density at radius 3 is 2.33 bits per heavy atom. The quantitative estimate of drug-likeness (QED) is 0.690. The summed E-state index contributed by atoms with van der Waals surface area (Å²) in [7, 11) is 0. The van der Waals surface area contributed by atoms with E-state index in [1.54, 1.807) is 0 Å². The zero-order valence-electron chi connectivity index (χ0n) is 8.60. The summed E-state index contributed by atoms with van der Waals surface area (Å²) in [6.45, 7) is 5.58. The molecule has 12 heavy (non-hydrogen) atoms. The zero-order chi connectivity index (χ0) is 9.03. The Balaban J connectivity index is 2.45. The topological polar surface area (TPSA) is 26.0 Å². The average Bonchev–Trinajstić information content (AvgIpc) is 2.10. The van der Waals surface area contributed by atoms with E-state index in [-0.39, 0.29) is 0 Å². The maximum atomic E-state index is 5.65. The van der Waals surface area contributed by atoms with Crippen LogP contribution in [0.5, 0.6) is 0 Å². The average molecular weight is 169 g/mol. The molecule has 0 bridgehead atoms. The zero-order valence-corrected chi connectivity index (χ0v) is 8.60. The van der Waals surface area contributed by atoms with E-state index in [0.29, 0.717) is 5.41 Å². The molecule has 0 radical (unpaired) electrons. The van der Waals surface area contributed by atoms with E-state index in [9.17, 15) is 0 Å². The van der Waals surface area contributed by atoms with Crippen LogP contribution >= 0.6 is 0 Å². The molecule has 0 aromatic heterocycles. The second kappa shape index (κ2) is 4.27. The van der Waals surface area contributed by atoms with Crippen LogP contribution in [0.25, 0.3) is 0 Å². The Morgan fingerprint density at radius 1 is 1.33 bits per heavy atom. The van der Waals surface area contributed by atoms with Gasteiger partial charge in [-0.05, 0) is 37.1 Å². The van der Waals surface area contributed by atoms with E-state index in [1.807, 2.05) is 0 Å². The first-order valence-electron chi connectivity index (χ1n) is 5.42. The predicted octanol–water partition coefficient (Wildman–Crippen LogP) is 2.94. The molecule has 0 heterocycles. The number of nitrogens with two attached hydrogens (primary N) is 1. The van der Waals surface area contributed by atoms with Crippen molar-refractivity contribution in [1.82, 2.24) is 0 Å². The van der Waals surface area contributed by atoms with Gasteiger partial charge in [-0.1, -0.05) is 33.1 Å². The lowest BCUT2D eigenvalue weighted by molar-refractivity contribution is 0.139. The van der Waals surface area contributed by atoms with Gasteiger partial charge in [0.1, 0.15) is 0 Å². The molecule has 2 N–H and O–H groups in total. The second-order valence-electron chi connectivity index (χ2n) is 4.57. The lowest BCUT2D eigenvalue weighted by atomic mass is 9.67. The van der Waals surface area contributed by atoms with Gasteiger partial charge in [0.05, 0.1) is 0 Å². The third-order valence-electron chi connectivity index (χ3n) is 3.76. The smallest absolute Gasteiger partial charge is 0.00720 e. The van der Waals surface area contributed by atoms with E-state index < -0.39 is 0 Å². The van der Waals surface area contributed by atoms with Gasteiger partial charge in [0.2, 0.25) is 0 Å². The van der Waals surface area contributed by atoms with Crippen LogP contribution in [-0.4, -0.2) is 6.54 Å². The van der Waals surface area contributed by atoms with E-state index >= 15 is 0 Å². The van der Waals surface area contributed by atoms with Crippen LogP contribution < -0.4 is 5.73 Å². The first-order valence-corrected chi connectivity index (χ1v) is 5.42. The molecule has 0 aliphatic heterocycles. The summed E-state index contributed by atoms with van der Waals surface area (Å²) in [6, 6.07) is 0. The van der Waals surface area contributed by atoms with Crippen molar-refractivity contribution in [2.45, 2.75) is 52.4 Å². The molecule has 1 saturated carbocycles. The highest BCUT2D eigenvalue weighted by Gasteiger charge is 2.31. The van der Waals surface area contributed by atoms with Gasteiger partial charge in [-0.15, -0.1) is 0 Å². The van der Waals surface area contributed by atoms with E-state index in [2.05, 4.69) is 13.8 Å². The molecule has 0 spiro atoms. The third kappa shape index (κ3) is 2.22. The molecule has 1 heteroatoms. The molecule has 1 rings (SSSR count). The van der Waals surface area contributed by atoms with Crippen molar-refractivity contribution < 1.29 is 0 Å². The predicted molar refractivity (Wildman–Crippen MR) is 54.0 cm³/mol. The Kier molecular flexibility index (Phi) is 3.57. The van der Waals surface area contributed by atoms with Gasteiger partial charge in [-0.2, -0.15) is 0 Å². The van der Waals surface area contributed by atoms with Gasteiger partial charge in [0.25, 0.3) is 0 Å². The van der Waals surface area contributed by atoms with Crippen LogP contribution in [0.1, 0.15) is 52.4 Å². The molecule has 0 aromatic carbocycles. The Labute approximate surface area is 76.7 Å². The molecule has 1 fully saturated rings. The minimum atomic E-state index is 0.626. The molecule has 0 saturated heterocycles. The van der Waals surface area contributed by atoms with Gasteiger partial charge in [-0.3, -0.25) is 0 Å². The molecular formula is C11H23N. The molecule has 1 aliphatic carbocycles. The van der Waals surface area contributed by atoms with Crippen LogP contribution in [0, 0.1) is 11.3 Å². The maximum Gasteiger partial charge on any atom is -0.00720 e. The van der Waals surface area contributed by atoms with Crippen molar-refractivity contribution in [2.24, 2.45) is 17.1 Å². The standard InChI is InChI=1S/C11H23N/c1-3-11(8-9-12)6-4-10(2)5-7-11/h10H,3-9,12H2,1-2H3. The van der Waals surface area contributed by atoms with Crippen molar-refractivity contribution in [3.8, 4) is 0 Å². The molecule has 1 aliphatic rings. The maximum absolute atomic E-state index is 5.65. The van der Waals surface area contributed by atoms with Gasteiger partial charge >= 0.3 is 0 Å². The fourth-order valence-corrected chi connectivity index (χ4v) is 2.46. The summed E-state index contributed by atoms with van der Waals surface area (Å²) in [6.07, 6.45) is 8.26. The van der Waals surface area contributed by atoms with Crippen molar-refractivity contribution >= 4 is 0 Å². The number of rotatable bonds is 3. The minimum Gasteiger partial charge on any atom is -0.330 e. The van der Waals surface area contributed by atoms with Crippen LogP contribution in [0.3, 0.4) is 0 Å². The van der Waals surface area contributed by atoms with Crippen LogP contribution in [0.15, 0.2) is 0 Å². The first-order chi connectivity index (χ1) is 5.72. The van der Waals surface area contributed by atoms with Gasteiger partial charge in [-0.25, -0.2) is 0 Å². The van der Waals surface area contributed by atoms with E-state index in [4.69, 9.17) is 5.73 Å². The van der Waals surface area contributed by atoms with Crippen LogP contribution in [0.4, 0.5) is 0 Å². The van der Waals surface area contributed by atoms with Crippen LogP contribution in [-0.2, 0) is 0 Å². The summed E-state index contributed by atoms with van der Waals surface area (Å²) in [4.78, 5) is 0. The van der Waals surface area contributed by atoms with Crippen molar-refractivity contribution in [2.75, 3.05) is 6.54 Å². The molecule has 1 nitrogen and oxygen atoms in total. The van der Waals surface area contributed by atoms with Gasteiger partial charge < -0.3 is 5.73 Å². The van der Waals surface area contributed by atoms with Crippen LogP contribution in [0.2, 0.25) is 0 Å². The highest BCUT2D eigenvalue weighted by Crippen LogP contribution is 2.43. The van der Waals surface area contributed by atoms with Crippen molar-refractivity contribution in [1.29, 1.82) is 0 Å². The second-order valence-corrected chi connectivity index (χ2v) is 4.57.